The van der Waals surface area contributed by atoms with Crippen LogP contribution < -0.4 is 10.1 Å². The van der Waals surface area contributed by atoms with Crippen molar-refractivity contribution in [1.29, 1.82) is 0 Å². The molecule has 2 N–H and O–H groups in total. The van der Waals surface area contributed by atoms with Crippen LogP contribution in [0.2, 0.25) is 0 Å². The Balaban J connectivity index is 1.93. The number of carbonyl (C=O) groups is 1. The lowest BCUT2D eigenvalue weighted by atomic mass is 10.1. The minimum atomic E-state index is -0.342. The largest absolute Gasteiger partial charge is 0.508 e. The molecule has 0 spiro atoms. The second-order valence-electron chi connectivity index (χ2n) is 5.34. The maximum absolute atomic E-state index is 12.8. The molecule has 23 heavy (non-hydrogen) atoms. The summed E-state index contributed by atoms with van der Waals surface area (Å²) in [6, 6.07) is 10.6. The third-order valence-electron chi connectivity index (χ3n) is 3.63. The van der Waals surface area contributed by atoms with Crippen molar-refractivity contribution in [3.05, 3.63) is 59.4 Å². The smallest absolute Gasteiger partial charge is 0.220 e. The normalized spacial score (nSPS) is 11.8. The zero-order valence-electron chi connectivity index (χ0n) is 13.2. The number of aryl methyl sites for hydroxylation is 1. The van der Waals surface area contributed by atoms with Gasteiger partial charge in [0.15, 0.2) is 0 Å². The summed E-state index contributed by atoms with van der Waals surface area (Å²) in [5.74, 6) is 0.298. The summed E-state index contributed by atoms with van der Waals surface area (Å²) in [4.78, 5) is 12.0. The van der Waals surface area contributed by atoms with Gasteiger partial charge in [0.25, 0.3) is 0 Å². The van der Waals surface area contributed by atoms with Crippen molar-refractivity contribution in [3.8, 4) is 11.5 Å². The summed E-state index contributed by atoms with van der Waals surface area (Å²) in [5, 5.41) is 12.7. The van der Waals surface area contributed by atoms with Gasteiger partial charge in [-0.3, -0.25) is 4.79 Å². The van der Waals surface area contributed by atoms with Gasteiger partial charge in [-0.2, -0.15) is 0 Å². The lowest BCUT2D eigenvalue weighted by Crippen LogP contribution is -2.26. The van der Waals surface area contributed by atoms with Crippen LogP contribution in [0.5, 0.6) is 11.5 Å². The molecule has 2 aromatic rings. The number of carbonyl (C=O) groups excluding carboxylic acids is 1. The molecule has 5 heteroatoms. The number of hydrogen-bond acceptors (Lipinski definition) is 3. The minimum Gasteiger partial charge on any atom is -0.508 e. The summed E-state index contributed by atoms with van der Waals surface area (Å²) in [7, 11) is 1.54. The van der Waals surface area contributed by atoms with E-state index in [1.165, 1.54) is 18.2 Å². The molecule has 0 fully saturated rings. The number of amides is 1. The Hall–Kier alpha value is -2.56. The van der Waals surface area contributed by atoms with Crippen LogP contribution >= 0.6 is 0 Å². The van der Waals surface area contributed by atoms with Crippen molar-refractivity contribution in [2.45, 2.75) is 25.8 Å². The highest BCUT2D eigenvalue weighted by molar-refractivity contribution is 5.76. The summed E-state index contributed by atoms with van der Waals surface area (Å²) in [6.07, 6.45) is 0.823. The van der Waals surface area contributed by atoms with E-state index in [2.05, 4.69) is 5.32 Å². The van der Waals surface area contributed by atoms with Gasteiger partial charge < -0.3 is 15.2 Å². The molecule has 0 aliphatic carbocycles. The van der Waals surface area contributed by atoms with Gasteiger partial charge in [0.1, 0.15) is 17.3 Å². The van der Waals surface area contributed by atoms with Crippen LogP contribution in [0.4, 0.5) is 4.39 Å². The van der Waals surface area contributed by atoms with Gasteiger partial charge in [0, 0.05) is 12.0 Å². The average Bonchev–Trinajstić information content (AvgIpc) is 2.54. The quantitative estimate of drug-likeness (QED) is 0.859. The SMILES string of the molecule is COc1ccc(O)c([C@H](C)NC(=O)CCc2ccc(F)cc2)c1. The van der Waals surface area contributed by atoms with Gasteiger partial charge in [0.2, 0.25) is 5.91 Å². The van der Waals surface area contributed by atoms with Crippen LogP contribution in [0.15, 0.2) is 42.5 Å². The summed E-state index contributed by atoms with van der Waals surface area (Å²) in [5.41, 5.74) is 1.50. The van der Waals surface area contributed by atoms with Gasteiger partial charge >= 0.3 is 0 Å². The van der Waals surface area contributed by atoms with Gasteiger partial charge in [-0.05, 0) is 49.2 Å². The third-order valence-corrected chi connectivity index (χ3v) is 3.63. The Morgan fingerprint density at radius 3 is 2.61 bits per heavy atom. The molecule has 0 aliphatic heterocycles. The van der Waals surface area contributed by atoms with Crippen molar-refractivity contribution in [1.82, 2.24) is 5.32 Å². The number of phenolic OH excluding ortho intramolecular Hbond substituents is 1. The van der Waals surface area contributed by atoms with Crippen molar-refractivity contribution in [2.75, 3.05) is 7.11 Å². The van der Waals surface area contributed by atoms with E-state index in [1.54, 1.807) is 38.3 Å². The molecule has 0 saturated carbocycles. The van der Waals surface area contributed by atoms with E-state index in [0.717, 1.165) is 5.56 Å². The molecule has 1 atom stereocenters. The van der Waals surface area contributed by atoms with E-state index >= 15 is 0 Å². The Bertz CT molecular complexity index is 670. The number of aromatic hydroxyl groups is 1. The number of methoxy groups -OCH3 is 1. The number of hydrogen-bond donors (Lipinski definition) is 2. The van der Waals surface area contributed by atoms with Crippen molar-refractivity contribution < 1.29 is 19.0 Å². The predicted molar refractivity (Wildman–Crippen MR) is 85.9 cm³/mol. The van der Waals surface area contributed by atoms with Crippen molar-refractivity contribution >= 4 is 5.91 Å². The fourth-order valence-corrected chi connectivity index (χ4v) is 2.31. The van der Waals surface area contributed by atoms with Crippen LogP contribution in [0, 0.1) is 5.82 Å². The highest BCUT2D eigenvalue weighted by Gasteiger charge is 2.14. The summed E-state index contributed by atoms with van der Waals surface area (Å²) >= 11 is 0. The molecule has 0 saturated heterocycles. The summed E-state index contributed by atoms with van der Waals surface area (Å²) in [6.45, 7) is 1.80. The van der Waals surface area contributed by atoms with E-state index in [9.17, 15) is 14.3 Å². The maximum atomic E-state index is 12.8. The van der Waals surface area contributed by atoms with Crippen molar-refractivity contribution in [2.24, 2.45) is 0 Å². The predicted octanol–water partition coefficient (Wildman–Crippen LogP) is 3.35. The van der Waals surface area contributed by atoms with Crippen LogP contribution in [0.1, 0.15) is 30.5 Å². The lowest BCUT2D eigenvalue weighted by Gasteiger charge is -2.16. The first-order chi connectivity index (χ1) is 11.0. The molecule has 0 aromatic heterocycles. The molecular weight excluding hydrogens is 297 g/mol. The molecule has 0 heterocycles. The monoisotopic (exact) mass is 317 g/mol. The molecule has 2 aromatic carbocycles. The summed E-state index contributed by atoms with van der Waals surface area (Å²) < 4.78 is 18.0. The first-order valence-corrected chi connectivity index (χ1v) is 7.40. The number of rotatable bonds is 6. The molecule has 1 amide bonds. The molecule has 4 nitrogen and oxygen atoms in total. The topological polar surface area (TPSA) is 58.6 Å². The number of phenols is 1. The van der Waals surface area contributed by atoms with Gasteiger partial charge in [0.05, 0.1) is 13.2 Å². The molecule has 0 unspecified atom stereocenters. The third kappa shape index (κ3) is 4.71. The molecule has 0 bridgehead atoms. The highest BCUT2D eigenvalue weighted by atomic mass is 19.1. The van der Waals surface area contributed by atoms with E-state index in [4.69, 9.17) is 4.74 Å². The van der Waals surface area contributed by atoms with Gasteiger partial charge in [-0.1, -0.05) is 12.1 Å². The fraction of sp³-hybridized carbons (Fsp3) is 0.278. The van der Waals surface area contributed by atoms with E-state index in [1.807, 2.05) is 0 Å². The first kappa shape index (κ1) is 16.8. The second kappa shape index (κ2) is 7.63. The van der Waals surface area contributed by atoms with Crippen molar-refractivity contribution in [3.63, 3.8) is 0 Å². The Labute approximate surface area is 134 Å². The van der Waals surface area contributed by atoms with E-state index in [0.29, 0.717) is 24.2 Å². The lowest BCUT2D eigenvalue weighted by molar-refractivity contribution is -0.121. The molecule has 122 valence electrons. The van der Waals surface area contributed by atoms with E-state index in [-0.39, 0.29) is 23.5 Å². The Kier molecular flexibility index (Phi) is 5.57. The van der Waals surface area contributed by atoms with Crippen LogP contribution in [0.25, 0.3) is 0 Å². The number of nitrogens with one attached hydrogen (secondary N) is 1. The fourth-order valence-electron chi connectivity index (χ4n) is 2.31. The van der Waals surface area contributed by atoms with Crippen LogP contribution in [-0.4, -0.2) is 18.1 Å². The van der Waals surface area contributed by atoms with Gasteiger partial charge in [-0.25, -0.2) is 4.39 Å². The molecular formula is C18H20FNO3. The second-order valence-corrected chi connectivity index (χ2v) is 5.34. The zero-order valence-corrected chi connectivity index (χ0v) is 13.2. The molecule has 0 radical (unpaired) electrons. The van der Waals surface area contributed by atoms with Crippen LogP contribution in [0.3, 0.4) is 0 Å². The number of ether oxygens (including phenoxy) is 1. The number of benzene rings is 2. The minimum absolute atomic E-state index is 0.108. The Morgan fingerprint density at radius 1 is 1.26 bits per heavy atom. The number of halogens is 1. The average molecular weight is 317 g/mol. The standard InChI is InChI=1S/C18H20FNO3/c1-12(16-11-15(23-2)8-9-17(16)21)20-18(22)10-5-13-3-6-14(19)7-4-13/h3-4,6-9,11-12,21H,5,10H2,1-2H3,(H,20,22)/t12-/m0/s1. The first-order valence-electron chi connectivity index (χ1n) is 7.40. The zero-order chi connectivity index (χ0) is 16.8. The molecule has 0 aliphatic rings. The Morgan fingerprint density at radius 2 is 1.96 bits per heavy atom. The van der Waals surface area contributed by atoms with E-state index < -0.39 is 0 Å². The van der Waals surface area contributed by atoms with Crippen LogP contribution in [-0.2, 0) is 11.2 Å². The highest BCUT2D eigenvalue weighted by Crippen LogP contribution is 2.28. The maximum Gasteiger partial charge on any atom is 0.220 e. The molecule has 2 rings (SSSR count). The van der Waals surface area contributed by atoms with Gasteiger partial charge in [-0.15, -0.1) is 0 Å².